The van der Waals surface area contributed by atoms with Gasteiger partial charge in [0.05, 0.1) is 11.9 Å². The van der Waals surface area contributed by atoms with E-state index in [1.54, 1.807) is 30.5 Å². The third-order valence-electron chi connectivity index (χ3n) is 4.83. The molecule has 0 saturated carbocycles. The second kappa shape index (κ2) is 8.10. The number of amides is 1. The van der Waals surface area contributed by atoms with E-state index < -0.39 is 0 Å². The number of nitrogens with one attached hydrogen (secondary N) is 1. The minimum Gasteiger partial charge on any atom is -0.347 e. The first-order valence-electron chi connectivity index (χ1n) is 9.49. The summed E-state index contributed by atoms with van der Waals surface area (Å²) in [5, 5.41) is 12.5. The van der Waals surface area contributed by atoms with Crippen molar-refractivity contribution in [3.8, 4) is 0 Å². The van der Waals surface area contributed by atoms with Crippen LogP contribution >= 0.6 is 0 Å². The number of rotatable bonds is 6. The third-order valence-corrected chi connectivity index (χ3v) is 4.83. The Morgan fingerprint density at radius 3 is 2.45 bits per heavy atom. The van der Waals surface area contributed by atoms with Crippen LogP contribution in [0.4, 0.5) is 0 Å². The van der Waals surface area contributed by atoms with Crippen LogP contribution in [0.5, 0.6) is 0 Å². The molecule has 2 aromatic carbocycles. The maximum Gasteiger partial charge on any atom is 0.274 e. The van der Waals surface area contributed by atoms with Crippen molar-refractivity contribution >= 4 is 16.7 Å². The molecule has 7 heteroatoms. The van der Waals surface area contributed by atoms with E-state index in [1.807, 2.05) is 48.1 Å². The minimum atomic E-state index is -0.308. The molecule has 29 heavy (non-hydrogen) atoms. The first-order chi connectivity index (χ1) is 14.2. The average molecular weight is 387 g/mol. The van der Waals surface area contributed by atoms with Crippen molar-refractivity contribution in [3.63, 3.8) is 0 Å². The number of nitrogens with zero attached hydrogens (tertiary/aromatic N) is 4. The molecule has 4 aromatic rings. The van der Waals surface area contributed by atoms with E-state index >= 15 is 0 Å². The van der Waals surface area contributed by atoms with Gasteiger partial charge in [-0.05, 0) is 30.2 Å². The van der Waals surface area contributed by atoms with Crippen LogP contribution in [-0.4, -0.2) is 25.5 Å². The fourth-order valence-electron chi connectivity index (χ4n) is 3.33. The highest BCUT2D eigenvalue weighted by Crippen LogP contribution is 2.14. The van der Waals surface area contributed by atoms with Gasteiger partial charge in [-0.15, -0.1) is 0 Å². The zero-order chi connectivity index (χ0) is 20.2. The topological polar surface area (TPSA) is 81.8 Å². The predicted molar refractivity (Wildman–Crippen MR) is 111 cm³/mol. The predicted octanol–water partition coefficient (Wildman–Crippen LogP) is 2.59. The molecule has 1 amide bonds. The number of hydrogen-bond donors (Lipinski definition) is 1. The summed E-state index contributed by atoms with van der Waals surface area (Å²) >= 11 is 0. The smallest absolute Gasteiger partial charge is 0.274 e. The van der Waals surface area contributed by atoms with Gasteiger partial charge in [0.1, 0.15) is 0 Å². The summed E-state index contributed by atoms with van der Waals surface area (Å²) in [6, 6.07) is 16.9. The number of aromatic nitrogens is 4. The lowest BCUT2D eigenvalue weighted by Crippen LogP contribution is -2.30. The summed E-state index contributed by atoms with van der Waals surface area (Å²) in [4.78, 5) is 25.4. The van der Waals surface area contributed by atoms with E-state index in [9.17, 15) is 9.59 Å². The lowest BCUT2D eigenvalue weighted by atomic mass is 10.1. The third kappa shape index (κ3) is 3.80. The van der Waals surface area contributed by atoms with Gasteiger partial charge >= 0.3 is 0 Å². The number of fused-ring (bicyclic) bond motifs is 1. The van der Waals surface area contributed by atoms with Crippen molar-refractivity contribution < 1.29 is 4.79 Å². The van der Waals surface area contributed by atoms with Crippen LogP contribution in [0.3, 0.4) is 0 Å². The highest BCUT2D eigenvalue weighted by Gasteiger charge is 2.16. The monoisotopic (exact) mass is 387 g/mol. The van der Waals surface area contributed by atoms with Gasteiger partial charge in [0, 0.05) is 30.9 Å². The highest BCUT2D eigenvalue weighted by molar-refractivity contribution is 6.04. The van der Waals surface area contributed by atoms with Crippen molar-refractivity contribution in [2.45, 2.75) is 26.6 Å². The molecule has 7 nitrogen and oxygen atoms in total. The first-order valence-corrected chi connectivity index (χ1v) is 9.49. The van der Waals surface area contributed by atoms with Crippen molar-refractivity contribution in [1.29, 1.82) is 0 Å². The molecule has 0 radical (unpaired) electrons. The Morgan fingerprint density at radius 2 is 1.72 bits per heavy atom. The van der Waals surface area contributed by atoms with Crippen LogP contribution in [0.2, 0.25) is 0 Å². The quantitative estimate of drug-likeness (QED) is 0.551. The molecule has 4 rings (SSSR count). The maximum atomic E-state index is 12.9. The van der Waals surface area contributed by atoms with Crippen LogP contribution < -0.4 is 10.9 Å². The van der Waals surface area contributed by atoms with Gasteiger partial charge in [0.2, 0.25) is 0 Å². The Balaban J connectivity index is 1.60. The van der Waals surface area contributed by atoms with E-state index in [2.05, 4.69) is 15.5 Å². The van der Waals surface area contributed by atoms with Crippen molar-refractivity contribution in [2.75, 3.05) is 0 Å². The standard InChI is InChI=1S/C22H21N5O2/c1-2-27-22(29)19-11-6-5-10-18(19)20(25-27)21(28)23-14-16-8-3-4-9-17(16)15-26-13-7-12-24-26/h3-13H,2,14-15H2,1H3,(H,23,28). The van der Waals surface area contributed by atoms with Crippen LogP contribution in [0.15, 0.2) is 71.8 Å². The number of aryl methyl sites for hydroxylation is 1. The van der Waals surface area contributed by atoms with E-state index in [0.29, 0.717) is 30.4 Å². The molecule has 1 N–H and O–H groups in total. The van der Waals surface area contributed by atoms with Gasteiger partial charge in [-0.1, -0.05) is 42.5 Å². The molecule has 2 heterocycles. The van der Waals surface area contributed by atoms with Crippen LogP contribution in [0.1, 0.15) is 28.5 Å². The molecule has 0 spiro atoms. The molecule has 0 saturated heterocycles. The van der Waals surface area contributed by atoms with E-state index in [1.165, 1.54) is 4.68 Å². The Morgan fingerprint density at radius 1 is 1.00 bits per heavy atom. The van der Waals surface area contributed by atoms with Gasteiger partial charge in [-0.25, -0.2) is 4.68 Å². The molecular weight excluding hydrogens is 366 g/mol. The van der Waals surface area contributed by atoms with E-state index in [4.69, 9.17) is 0 Å². The Labute approximate surface area is 167 Å². The Hall–Kier alpha value is -3.74. The van der Waals surface area contributed by atoms with Crippen molar-refractivity contribution in [3.05, 3.63) is 94.2 Å². The zero-order valence-electron chi connectivity index (χ0n) is 16.1. The summed E-state index contributed by atoms with van der Waals surface area (Å²) in [5.74, 6) is -0.308. The number of benzene rings is 2. The maximum absolute atomic E-state index is 12.9. The van der Waals surface area contributed by atoms with Crippen LogP contribution in [-0.2, 0) is 19.6 Å². The van der Waals surface area contributed by atoms with Crippen molar-refractivity contribution in [1.82, 2.24) is 24.9 Å². The first kappa shape index (κ1) is 18.6. The van der Waals surface area contributed by atoms with Gasteiger partial charge in [-0.3, -0.25) is 14.3 Å². The van der Waals surface area contributed by atoms with Crippen molar-refractivity contribution in [2.24, 2.45) is 0 Å². The van der Waals surface area contributed by atoms with Gasteiger partial charge in [-0.2, -0.15) is 10.2 Å². The SMILES string of the molecule is CCn1nc(C(=O)NCc2ccccc2Cn2cccn2)c2ccccc2c1=O. The molecule has 0 fully saturated rings. The van der Waals surface area contributed by atoms with Gasteiger partial charge in [0.15, 0.2) is 5.69 Å². The summed E-state index contributed by atoms with van der Waals surface area (Å²) in [7, 11) is 0. The Kier molecular flexibility index (Phi) is 5.20. The fourth-order valence-corrected chi connectivity index (χ4v) is 3.33. The van der Waals surface area contributed by atoms with Crippen LogP contribution in [0, 0.1) is 0 Å². The summed E-state index contributed by atoms with van der Waals surface area (Å²) in [5.41, 5.74) is 2.15. The molecule has 0 aliphatic carbocycles. The van der Waals surface area contributed by atoms with Gasteiger partial charge in [0.25, 0.3) is 11.5 Å². The molecule has 0 unspecified atom stereocenters. The largest absolute Gasteiger partial charge is 0.347 e. The number of hydrogen-bond acceptors (Lipinski definition) is 4. The van der Waals surface area contributed by atoms with E-state index in [-0.39, 0.29) is 17.2 Å². The molecule has 146 valence electrons. The second-order valence-corrected chi connectivity index (χ2v) is 6.67. The molecule has 2 aromatic heterocycles. The Bertz CT molecular complexity index is 1210. The number of carbonyl (C=O) groups excluding carboxylic acids is 1. The molecular formula is C22H21N5O2. The normalized spacial score (nSPS) is 10.9. The highest BCUT2D eigenvalue weighted by atomic mass is 16.2. The van der Waals surface area contributed by atoms with E-state index in [0.717, 1.165) is 11.1 Å². The molecule has 0 aliphatic rings. The summed E-state index contributed by atoms with van der Waals surface area (Å²) in [6.45, 7) is 3.21. The fraction of sp³-hybridized carbons (Fsp3) is 0.182. The molecule has 0 atom stereocenters. The molecule has 0 aliphatic heterocycles. The van der Waals surface area contributed by atoms with Crippen LogP contribution in [0.25, 0.3) is 10.8 Å². The lowest BCUT2D eigenvalue weighted by molar-refractivity contribution is 0.0945. The lowest BCUT2D eigenvalue weighted by Gasteiger charge is -2.12. The second-order valence-electron chi connectivity index (χ2n) is 6.67. The number of carbonyl (C=O) groups is 1. The average Bonchev–Trinajstić information content (AvgIpc) is 3.26. The van der Waals surface area contributed by atoms with Gasteiger partial charge < -0.3 is 5.32 Å². The molecule has 0 bridgehead atoms. The summed E-state index contributed by atoms with van der Waals surface area (Å²) in [6.07, 6.45) is 3.64. The zero-order valence-corrected chi connectivity index (χ0v) is 16.1. The summed E-state index contributed by atoms with van der Waals surface area (Å²) < 4.78 is 3.16. The minimum absolute atomic E-state index is 0.191.